The van der Waals surface area contributed by atoms with E-state index in [0.717, 1.165) is 32.0 Å². The Balaban J connectivity index is 1.65. The second-order valence-corrected chi connectivity index (χ2v) is 11.3. The summed E-state index contributed by atoms with van der Waals surface area (Å²) in [4.78, 5) is 12.7. The number of halogens is 1. The topological polar surface area (TPSA) is 75.7 Å². The van der Waals surface area contributed by atoms with Crippen molar-refractivity contribution in [3.05, 3.63) is 45.2 Å². The first kappa shape index (κ1) is 21.3. The Labute approximate surface area is 178 Å². The van der Waals surface area contributed by atoms with Crippen LogP contribution in [0.4, 0.5) is 0 Å². The maximum Gasteiger partial charge on any atom is 0.253 e. The van der Waals surface area contributed by atoms with Crippen molar-refractivity contribution in [2.45, 2.75) is 36.4 Å². The second-order valence-electron chi connectivity index (χ2n) is 6.69. The molecule has 0 bridgehead atoms. The molecule has 152 valence electrons. The van der Waals surface area contributed by atoms with E-state index < -0.39 is 16.1 Å². The van der Waals surface area contributed by atoms with Gasteiger partial charge in [0, 0.05) is 13.1 Å². The normalized spacial score (nSPS) is 17.6. The highest BCUT2D eigenvalue weighted by atomic mass is 79.9. The Hall–Kier alpha value is -1.42. The lowest BCUT2D eigenvalue weighted by molar-refractivity contribution is -0.124. The van der Waals surface area contributed by atoms with Crippen molar-refractivity contribution in [3.63, 3.8) is 0 Å². The third-order valence-corrected chi connectivity index (χ3v) is 8.75. The van der Waals surface area contributed by atoms with Gasteiger partial charge in [0.15, 0.2) is 0 Å². The summed E-state index contributed by atoms with van der Waals surface area (Å²) in [6.45, 7) is 2.79. The molecule has 2 aromatic rings. The lowest BCUT2D eigenvalue weighted by Crippen LogP contribution is -2.46. The Kier molecular flexibility index (Phi) is 6.80. The zero-order valence-corrected chi connectivity index (χ0v) is 19.0. The van der Waals surface area contributed by atoms with Gasteiger partial charge in [-0.05, 0) is 65.9 Å². The fourth-order valence-corrected chi connectivity index (χ4v) is 7.18. The van der Waals surface area contributed by atoms with Gasteiger partial charge < -0.3 is 10.1 Å². The third kappa shape index (κ3) is 4.59. The van der Waals surface area contributed by atoms with Crippen LogP contribution in [0.1, 0.15) is 24.0 Å². The third-order valence-electron chi connectivity index (χ3n) is 4.75. The molecule has 0 radical (unpaired) electrons. The number of nitrogens with zero attached hydrogens (tertiary/aromatic N) is 1. The van der Waals surface area contributed by atoms with Crippen molar-refractivity contribution in [2.75, 3.05) is 20.2 Å². The highest BCUT2D eigenvalue weighted by molar-refractivity contribution is 9.11. The van der Waals surface area contributed by atoms with Crippen LogP contribution in [0.25, 0.3) is 0 Å². The zero-order valence-electron chi connectivity index (χ0n) is 15.8. The molecule has 1 aliphatic heterocycles. The molecule has 0 saturated carbocycles. The van der Waals surface area contributed by atoms with Crippen molar-refractivity contribution in [3.8, 4) is 5.75 Å². The fourth-order valence-electron chi connectivity index (χ4n) is 3.38. The Morgan fingerprint density at radius 3 is 2.82 bits per heavy atom. The lowest BCUT2D eigenvalue weighted by Gasteiger charge is -2.22. The number of amides is 1. The molecule has 1 aromatic carbocycles. The van der Waals surface area contributed by atoms with E-state index in [0.29, 0.717) is 32.4 Å². The number of carbonyl (C=O) groups excluding carboxylic acids is 1. The zero-order chi connectivity index (χ0) is 20.3. The van der Waals surface area contributed by atoms with Gasteiger partial charge in [0.2, 0.25) is 5.91 Å². The minimum Gasteiger partial charge on any atom is -0.496 e. The molecule has 1 amide bonds. The van der Waals surface area contributed by atoms with Gasteiger partial charge in [-0.25, -0.2) is 8.42 Å². The summed E-state index contributed by atoms with van der Waals surface area (Å²) in [5.74, 6) is 0.538. The van der Waals surface area contributed by atoms with Gasteiger partial charge in [0.25, 0.3) is 10.0 Å². The summed E-state index contributed by atoms with van der Waals surface area (Å²) in [7, 11) is -2.04. The molecule has 1 saturated heterocycles. The van der Waals surface area contributed by atoms with E-state index in [1.54, 1.807) is 19.2 Å². The summed E-state index contributed by atoms with van der Waals surface area (Å²) in [6.07, 6.45) is 1.83. The van der Waals surface area contributed by atoms with Gasteiger partial charge in [0.05, 0.1) is 10.9 Å². The van der Waals surface area contributed by atoms with Crippen LogP contribution in [-0.2, 0) is 21.2 Å². The summed E-state index contributed by atoms with van der Waals surface area (Å²) in [6, 6.07) is 8.54. The first-order valence-electron chi connectivity index (χ1n) is 9.01. The maximum atomic E-state index is 12.9. The predicted octanol–water partition coefficient (Wildman–Crippen LogP) is 3.34. The molecule has 1 N–H and O–H groups in total. The maximum absolute atomic E-state index is 12.9. The molecule has 28 heavy (non-hydrogen) atoms. The van der Waals surface area contributed by atoms with Crippen molar-refractivity contribution < 1.29 is 17.9 Å². The monoisotopic (exact) mass is 486 g/mol. The van der Waals surface area contributed by atoms with E-state index in [1.807, 2.05) is 25.1 Å². The number of methoxy groups -OCH3 is 1. The van der Waals surface area contributed by atoms with Crippen LogP contribution >= 0.6 is 27.3 Å². The van der Waals surface area contributed by atoms with E-state index in [9.17, 15) is 13.2 Å². The molecular formula is C19H23BrN2O4S2. The minimum atomic E-state index is -3.66. The molecule has 1 aliphatic rings. The van der Waals surface area contributed by atoms with E-state index >= 15 is 0 Å². The van der Waals surface area contributed by atoms with Crippen LogP contribution in [-0.4, -0.2) is 44.9 Å². The fraction of sp³-hybridized carbons (Fsp3) is 0.421. The molecule has 1 fully saturated rings. The molecule has 2 heterocycles. The van der Waals surface area contributed by atoms with Crippen molar-refractivity contribution >= 4 is 43.2 Å². The van der Waals surface area contributed by atoms with Crippen LogP contribution in [0.3, 0.4) is 0 Å². The number of aryl methyl sites for hydroxylation is 1. The van der Waals surface area contributed by atoms with Gasteiger partial charge in [-0.1, -0.05) is 17.7 Å². The average molecular weight is 487 g/mol. The molecule has 0 spiro atoms. The molecular weight excluding hydrogens is 464 g/mol. The van der Waals surface area contributed by atoms with Crippen LogP contribution < -0.4 is 10.1 Å². The van der Waals surface area contributed by atoms with Crippen LogP contribution in [0, 0.1) is 6.92 Å². The highest BCUT2D eigenvalue weighted by Gasteiger charge is 2.39. The molecule has 1 atom stereocenters. The van der Waals surface area contributed by atoms with Crippen LogP contribution in [0.5, 0.6) is 5.75 Å². The highest BCUT2D eigenvalue weighted by Crippen LogP contribution is 2.32. The second kappa shape index (κ2) is 8.94. The molecule has 1 aromatic heterocycles. The number of rotatable bonds is 7. The van der Waals surface area contributed by atoms with E-state index in [2.05, 4.69) is 21.2 Å². The standard InChI is InChI=1S/C19H23BrN2O4S2/c1-13-5-6-16(26-2)14(12-13)9-10-21-19(23)15-4-3-11-22(15)28(24,25)18-8-7-17(20)27-18/h5-8,12,15H,3-4,9-11H2,1-2H3,(H,21,23)/t15-/m0/s1. The summed E-state index contributed by atoms with van der Waals surface area (Å²) < 4.78 is 33.5. The number of benzene rings is 1. The van der Waals surface area contributed by atoms with Gasteiger partial charge in [-0.3, -0.25) is 4.79 Å². The number of carbonyl (C=O) groups is 1. The molecule has 0 unspecified atom stereocenters. The van der Waals surface area contributed by atoms with Crippen LogP contribution in [0.2, 0.25) is 0 Å². The molecule has 0 aliphatic carbocycles. The van der Waals surface area contributed by atoms with Crippen LogP contribution in [0.15, 0.2) is 38.3 Å². The van der Waals surface area contributed by atoms with Gasteiger partial charge >= 0.3 is 0 Å². The lowest BCUT2D eigenvalue weighted by atomic mass is 10.1. The number of thiophene rings is 1. The summed E-state index contributed by atoms with van der Waals surface area (Å²) >= 11 is 4.45. The average Bonchev–Trinajstić information content (AvgIpc) is 3.31. The number of hydrogen-bond donors (Lipinski definition) is 1. The largest absolute Gasteiger partial charge is 0.496 e. The predicted molar refractivity (Wildman–Crippen MR) is 113 cm³/mol. The SMILES string of the molecule is COc1ccc(C)cc1CCNC(=O)[C@@H]1CCCN1S(=O)(=O)c1ccc(Br)s1. The van der Waals surface area contributed by atoms with E-state index in [-0.39, 0.29) is 10.1 Å². The van der Waals surface area contributed by atoms with Gasteiger partial charge in [-0.15, -0.1) is 11.3 Å². The molecule has 6 nitrogen and oxygen atoms in total. The smallest absolute Gasteiger partial charge is 0.253 e. The number of hydrogen-bond acceptors (Lipinski definition) is 5. The van der Waals surface area contributed by atoms with Crippen molar-refractivity contribution in [2.24, 2.45) is 0 Å². The van der Waals surface area contributed by atoms with E-state index in [1.165, 1.54) is 4.31 Å². The Bertz CT molecular complexity index is 959. The minimum absolute atomic E-state index is 0.247. The summed E-state index contributed by atoms with van der Waals surface area (Å²) in [5.41, 5.74) is 2.14. The van der Waals surface area contributed by atoms with Crippen molar-refractivity contribution in [1.82, 2.24) is 9.62 Å². The molecule has 3 rings (SSSR count). The quantitative estimate of drug-likeness (QED) is 0.650. The van der Waals surface area contributed by atoms with Crippen molar-refractivity contribution in [1.29, 1.82) is 0 Å². The first-order valence-corrected chi connectivity index (χ1v) is 12.1. The van der Waals surface area contributed by atoms with E-state index in [4.69, 9.17) is 4.74 Å². The Morgan fingerprint density at radius 2 is 2.14 bits per heavy atom. The van der Waals surface area contributed by atoms with Gasteiger partial charge in [0.1, 0.15) is 16.0 Å². The Morgan fingerprint density at radius 1 is 1.36 bits per heavy atom. The number of sulfonamides is 1. The number of nitrogens with one attached hydrogen (secondary N) is 1. The molecule has 9 heteroatoms. The van der Waals surface area contributed by atoms with Gasteiger partial charge in [-0.2, -0.15) is 4.31 Å². The number of ether oxygens (including phenoxy) is 1. The summed E-state index contributed by atoms with van der Waals surface area (Å²) in [5, 5.41) is 2.90. The first-order chi connectivity index (χ1) is 13.3.